The van der Waals surface area contributed by atoms with E-state index in [2.05, 4.69) is 0 Å². The first-order valence-electron chi connectivity index (χ1n) is 6.26. The Balaban J connectivity index is 2.30. The number of nitrogens with zero attached hydrogens (tertiary/aromatic N) is 1. The fourth-order valence-electron chi connectivity index (χ4n) is 2.44. The third-order valence-electron chi connectivity index (χ3n) is 3.48. The summed E-state index contributed by atoms with van der Waals surface area (Å²) in [7, 11) is 1.87. The van der Waals surface area contributed by atoms with Crippen LogP contribution in [-0.4, -0.2) is 15.6 Å². The van der Waals surface area contributed by atoms with Crippen LogP contribution in [-0.2, 0) is 7.05 Å². The smallest absolute Gasteiger partial charge is 0.335 e. The van der Waals surface area contributed by atoms with E-state index in [-0.39, 0.29) is 5.56 Å². The Hall–Kier alpha value is -1.97. The van der Waals surface area contributed by atoms with Crippen molar-refractivity contribution in [3.05, 3.63) is 58.2 Å². The molecular weight excluding hydrogens is 309 g/mol. The fourth-order valence-corrected chi connectivity index (χ4v) is 2.85. The van der Waals surface area contributed by atoms with Crippen molar-refractivity contribution in [3.8, 4) is 11.1 Å². The largest absolute Gasteiger partial charge is 0.478 e. The van der Waals surface area contributed by atoms with Gasteiger partial charge in [0.2, 0.25) is 0 Å². The molecular formula is C16H11Cl2NO2. The summed E-state index contributed by atoms with van der Waals surface area (Å²) in [6.45, 7) is 0. The van der Waals surface area contributed by atoms with Gasteiger partial charge in [0.25, 0.3) is 0 Å². The summed E-state index contributed by atoms with van der Waals surface area (Å²) in [6.07, 6.45) is 1.92. The van der Waals surface area contributed by atoms with Gasteiger partial charge in [-0.15, -0.1) is 0 Å². The van der Waals surface area contributed by atoms with E-state index in [4.69, 9.17) is 28.3 Å². The van der Waals surface area contributed by atoms with E-state index in [0.717, 1.165) is 22.0 Å². The number of aryl methyl sites for hydroxylation is 1. The van der Waals surface area contributed by atoms with Crippen LogP contribution in [0.1, 0.15) is 10.4 Å². The highest BCUT2D eigenvalue weighted by atomic mass is 35.5. The Labute approximate surface area is 131 Å². The molecule has 1 aromatic heterocycles. The number of aromatic nitrogens is 1. The van der Waals surface area contributed by atoms with Crippen LogP contribution in [0.25, 0.3) is 22.0 Å². The van der Waals surface area contributed by atoms with Gasteiger partial charge >= 0.3 is 5.97 Å². The van der Waals surface area contributed by atoms with E-state index in [0.29, 0.717) is 10.0 Å². The van der Waals surface area contributed by atoms with Crippen LogP contribution in [0.4, 0.5) is 0 Å². The number of halogens is 2. The Bertz CT molecular complexity index is 868. The summed E-state index contributed by atoms with van der Waals surface area (Å²) in [6, 6.07) is 10.5. The molecule has 0 saturated carbocycles. The van der Waals surface area contributed by atoms with E-state index >= 15 is 0 Å². The Morgan fingerprint density at radius 2 is 1.90 bits per heavy atom. The number of aromatic carboxylic acids is 1. The van der Waals surface area contributed by atoms with Crippen LogP contribution in [0.2, 0.25) is 10.0 Å². The molecule has 0 radical (unpaired) electrons. The molecule has 0 amide bonds. The van der Waals surface area contributed by atoms with Crippen molar-refractivity contribution in [2.24, 2.45) is 7.05 Å². The molecule has 0 aliphatic carbocycles. The van der Waals surface area contributed by atoms with Gasteiger partial charge in [0.15, 0.2) is 0 Å². The number of fused-ring (bicyclic) bond motifs is 1. The monoisotopic (exact) mass is 319 g/mol. The van der Waals surface area contributed by atoms with Crippen molar-refractivity contribution in [1.82, 2.24) is 4.57 Å². The highest BCUT2D eigenvalue weighted by Crippen LogP contribution is 2.38. The zero-order valence-corrected chi connectivity index (χ0v) is 12.6. The maximum Gasteiger partial charge on any atom is 0.335 e. The van der Waals surface area contributed by atoms with Crippen molar-refractivity contribution >= 4 is 40.1 Å². The minimum atomic E-state index is -0.944. The quantitative estimate of drug-likeness (QED) is 0.733. The molecule has 0 spiro atoms. The van der Waals surface area contributed by atoms with Crippen molar-refractivity contribution in [2.45, 2.75) is 0 Å². The van der Waals surface area contributed by atoms with Gasteiger partial charge in [-0.1, -0.05) is 41.4 Å². The minimum Gasteiger partial charge on any atom is -0.478 e. The molecule has 0 atom stereocenters. The SMILES string of the molecule is Cn1cc(-c2cccc(Cl)c2Cl)c2ccc(C(=O)O)cc21. The number of benzene rings is 2. The van der Waals surface area contributed by atoms with Gasteiger partial charge in [-0.05, 0) is 18.2 Å². The second-order valence-electron chi connectivity index (χ2n) is 4.79. The normalized spacial score (nSPS) is 11.0. The Morgan fingerprint density at radius 1 is 1.14 bits per heavy atom. The lowest BCUT2D eigenvalue weighted by Crippen LogP contribution is -1.96. The molecule has 2 aromatic carbocycles. The van der Waals surface area contributed by atoms with Gasteiger partial charge in [0.05, 0.1) is 15.6 Å². The number of carboxylic acids is 1. The highest BCUT2D eigenvalue weighted by molar-refractivity contribution is 6.44. The second kappa shape index (κ2) is 5.10. The number of carbonyl (C=O) groups is 1. The summed E-state index contributed by atoms with van der Waals surface area (Å²) >= 11 is 12.4. The lowest BCUT2D eigenvalue weighted by atomic mass is 10.0. The lowest BCUT2D eigenvalue weighted by Gasteiger charge is -2.04. The number of hydrogen-bond donors (Lipinski definition) is 1. The van der Waals surface area contributed by atoms with Gasteiger partial charge < -0.3 is 9.67 Å². The third kappa shape index (κ3) is 2.28. The van der Waals surface area contributed by atoms with Crippen LogP contribution >= 0.6 is 23.2 Å². The molecule has 0 bridgehead atoms. The first kappa shape index (κ1) is 14.0. The van der Waals surface area contributed by atoms with E-state index in [1.807, 2.05) is 29.9 Å². The molecule has 0 unspecified atom stereocenters. The van der Waals surface area contributed by atoms with E-state index in [1.54, 1.807) is 24.3 Å². The summed E-state index contributed by atoms with van der Waals surface area (Å²) in [5.41, 5.74) is 2.85. The van der Waals surface area contributed by atoms with Crippen molar-refractivity contribution < 1.29 is 9.90 Å². The molecule has 1 heterocycles. The highest BCUT2D eigenvalue weighted by Gasteiger charge is 2.14. The summed E-state index contributed by atoms with van der Waals surface area (Å²) < 4.78 is 1.88. The van der Waals surface area contributed by atoms with Crippen LogP contribution in [0.5, 0.6) is 0 Å². The lowest BCUT2D eigenvalue weighted by molar-refractivity contribution is 0.0697. The number of hydrogen-bond acceptors (Lipinski definition) is 1. The molecule has 0 aliphatic rings. The van der Waals surface area contributed by atoms with Crippen LogP contribution in [0, 0.1) is 0 Å². The molecule has 106 valence electrons. The molecule has 5 heteroatoms. The second-order valence-corrected chi connectivity index (χ2v) is 5.58. The van der Waals surface area contributed by atoms with Crippen molar-refractivity contribution in [1.29, 1.82) is 0 Å². The van der Waals surface area contributed by atoms with E-state index in [1.165, 1.54) is 0 Å². The molecule has 3 nitrogen and oxygen atoms in total. The van der Waals surface area contributed by atoms with Crippen molar-refractivity contribution in [3.63, 3.8) is 0 Å². The van der Waals surface area contributed by atoms with Gasteiger partial charge in [0.1, 0.15) is 0 Å². The first-order valence-corrected chi connectivity index (χ1v) is 7.01. The van der Waals surface area contributed by atoms with E-state index in [9.17, 15) is 4.79 Å². The summed E-state index contributed by atoms with van der Waals surface area (Å²) in [4.78, 5) is 11.1. The molecule has 21 heavy (non-hydrogen) atoms. The maximum atomic E-state index is 11.1. The summed E-state index contributed by atoms with van der Waals surface area (Å²) in [5.74, 6) is -0.944. The van der Waals surface area contributed by atoms with Crippen molar-refractivity contribution in [2.75, 3.05) is 0 Å². The van der Waals surface area contributed by atoms with Gasteiger partial charge in [-0.25, -0.2) is 4.79 Å². The molecule has 1 N–H and O–H groups in total. The first-order chi connectivity index (χ1) is 9.99. The van der Waals surface area contributed by atoms with Crippen LogP contribution in [0.3, 0.4) is 0 Å². The Morgan fingerprint density at radius 3 is 2.62 bits per heavy atom. The fraction of sp³-hybridized carbons (Fsp3) is 0.0625. The zero-order chi connectivity index (χ0) is 15.1. The average Bonchev–Trinajstić information content (AvgIpc) is 2.78. The van der Waals surface area contributed by atoms with Crippen LogP contribution < -0.4 is 0 Å². The molecule has 3 rings (SSSR count). The average molecular weight is 320 g/mol. The van der Waals surface area contributed by atoms with E-state index < -0.39 is 5.97 Å². The molecule has 0 aliphatic heterocycles. The predicted octanol–water partition coefficient (Wildman–Crippen LogP) is 4.85. The standard InChI is InChI=1S/C16H11Cl2NO2/c1-19-8-12(11-3-2-4-13(17)15(11)18)10-6-5-9(16(20)21)7-14(10)19/h2-8H,1H3,(H,20,21). The molecule has 0 fully saturated rings. The third-order valence-corrected chi connectivity index (χ3v) is 4.30. The number of carboxylic acid groups (broad SMARTS) is 1. The van der Waals surface area contributed by atoms with Crippen LogP contribution in [0.15, 0.2) is 42.6 Å². The topological polar surface area (TPSA) is 42.2 Å². The Kier molecular flexibility index (Phi) is 3.40. The maximum absolute atomic E-state index is 11.1. The minimum absolute atomic E-state index is 0.257. The molecule has 3 aromatic rings. The van der Waals surface area contributed by atoms with Gasteiger partial charge in [0, 0.05) is 35.3 Å². The summed E-state index contributed by atoms with van der Waals surface area (Å²) in [5, 5.41) is 11.0. The zero-order valence-electron chi connectivity index (χ0n) is 11.1. The molecule has 0 saturated heterocycles. The van der Waals surface area contributed by atoms with Gasteiger partial charge in [-0.2, -0.15) is 0 Å². The number of rotatable bonds is 2. The predicted molar refractivity (Wildman–Crippen MR) is 85.3 cm³/mol. The van der Waals surface area contributed by atoms with Gasteiger partial charge in [-0.3, -0.25) is 0 Å².